The van der Waals surface area contributed by atoms with Crippen LogP contribution in [0.5, 0.6) is 0 Å². The van der Waals surface area contributed by atoms with E-state index in [0.29, 0.717) is 5.92 Å². The number of hydrogen-bond acceptors (Lipinski definition) is 3. The van der Waals surface area contributed by atoms with Gasteiger partial charge in [-0.25, -0.2) is 0 Å². The Bertz CT molecular complexity index is 553. The van der Waals surface area contributed by atoms with Crippen LogP contribution in [-0.2, 0) is 4.74 Å². The third-order valence-corrected chi connectivity index (χ3v) is 3.67. The number of nitrogens with one attached hydrogen (secondary N) is 1. The second-order valence-electron chi connectivity index (χ2n) is 5.44. The van der Waals surface area contributed by atoms with Crippen molar-refractivity contribution in [3.05, 3.63) is 42.1 Å². The molecule has 0 spiro atoms. The average Bonchev–Trinajstić information content (AvgIpc) is 2.46. The molecule has 1 N–H and O–H groups in total. The summed E-state index contributed by atoms with van der Waals surface area (Å²) in [4.78, 5) is 4.38. The summed E-state index contributed by atoms with van der Waals surface area (Å²) in [6.45, 7) is 7.44. The van der Waals surface area contributed by atoms with Gasteiger partial charge in [-0.15, -0.1) is 0 Å². The van der Waals surface area contributed by atoms with Crippen LogP contribution in [0.2, 0.25) is 0 Å². The predicted molar refractivity (Wildman–Crippen MR) is 83.8 cm³/mol. The van der Waals surface area contributed by atoms with Crippen LogP contribution in [0, 0.1) is 5.92 Å². The van der Waals surface area contributed by atoms with E-state index in [0.717, 1.165) is 12.1 Å². The molecule has 0 bridgehead atoms. The van der Waals surface area contributed by atoms with Gasteiger partial charge in [-0.05, 0) is 36.2 Å². The van der Waals surface area contributed by atoms with Crippen LogP contribution in [0.15, 0.2) is 36.5 Å². The quantitative estimate of drug-likeness (QED) is 0.873. The van der Waals surface area contributed by atoms with E-state index in [-0.39, 0.29) is 12.1 Å². The monoisotopic (exact) mass is 272 g/mol. The number of fused-ring (bicyclic) bond motifs is 1. The van der Waals surface area contributed by atoms with Crippen LogP contribution in [0.3, 0.4) is 0 Å². The molecule has 2 aromatic rings. The molecule has 0 aliphatic carbocycles. The van der Waals surface area contributed by atoms with Gasteiger partial charge in [-0.2, -0.15) is 0 Å². The summed E-state index contributed by atoms with van der Waals surface area (Å²) >= 11 is 0. The first-order valence-electron chi connectivity index (χ1n) is 7.28. The molecule has 108 valence electrons. The summed E-state index contributed by atoms with van der Waals surface area (Å²) in [5.41, 5.74) is 2.29. The Hall–Kier alpha value is -1.45. The van der Waals surface area contributed by atoms with Crippen molar-refractivity contribution in [1.82, 2.24) is 10.3 Å². The van der Waals surface area contributed by atoms with Crippen LogP contribution in [-0.4, -0.2) is 24.7 Å². The maximum absolute atomic E-state index is 5.71. The van der Waals surface area contributed by atoms with Crippen molar-refractivity contribution in [1.29, 1.82) is 0 Å². The Balaban J connectivity index is 2.40. The molecule has 2 atom stereocenters. The number of aromatic nitrogens is 1. The fraction of sp³-hybridized carbons (Fsp3) is 0.471. The topological polar surface area (TPSA) is 34.2 Å². The van der Waals surface area contributed by atoms with Gasteiger partial charge in [0.1, 0.15) is 0 Å². The number of rotatable bonds is 6. The Labute approximate surface area is 121 Å². The normalized spacial score (nSPS) is 14.7. The molecule has 0 fully saturated rings. The van der Waals surface area contributed by atoms with E-state index in [1.54, 1.807) is 7.11 Å². The van der Waals surface area contributed by atoms with Crippen LogP contribution in [0.4, 0.5) is 0 Å². The predicted octanol–water partition coefficient (Wildman–Crippen LogP) is 3.56. The lowest BCUT2D eigenvalue weighted by molar-refractivity contribution is 0.0331. The van der Waals surface area contributed by atoms with Gasteiger partial charge >= 0.3 is 0 Å². The van der Waals surface area contributed by atoms with Gasteiger partial charge in [0.15, 0.2) is 0 Å². The molecule has 0 aliphatic rings. The van der Waals surface area contributed by atoms with Crippen molar-refractivity contribution in [2.75, 3.05) is 13.7 Å². The molecule has 0 amide bonds. The average molecular weight is 272 g/mol. The maximum atomic E-state index is 5.71. The molecular weight excluding hydrogens is 248 g/mol. The summed E-state index contributed by atoms with van der Waals surface area (Å²) in [5.74, 6) is 0.452. The van der Waals surface area contributed by atoms with Crippen LogP contribution in [0.25, 0.3) is 10.9 Å². The van der Waals surface area contributed by atoms with Gasteiger partial charge in [0, 0.05) is 18.7 Å². The van der Waals surface area contributed by atoms with Crippen molar-refractivity contribution in [2.45, 2.75) is 32.9 Å². The Morgan fingerprint density at radius 1 is 1.25 bits per heavy atom. The zero-order chi connectivity index (χ0) is 14.5. The highest BCUT2D eigenvalue weighted by atomic mass is 16.5. The largest absolute Gasteiger partial charge is 0.379 e. The highest BCUT2D eigenvalue weighted by Crippen LogP contribution is 2.26. The number of nitrogens with zero attached hydrogens (tertiary/aromatic N) is 1. The van der Waals surface area contributed by atoms with Crippen molar-refractivity contribution in [3.8, 4) is 0 Å². The first kappa shape index (κ1) is 14.9. The number of benzene rings is 1. The molecule has 0 saturated carbocycles. The van der Waals surface area contributed by atoms with E-state index in [9.17, 15) is 0 Å². The van der Waals surface area contributed by atoms with Crippen molar-refractivity contribution in [3.63, 3.8) is 0 Å². The Morgan fingerprint density at radius 3 is 2.70 bits per heavy atom. The fourth-order valence-corrected chi connectivity index (χ4v) is 2.72. The molecule has 3 nitrogen and oxygen atoms in total. The SMILES string of the molecule is CCNC(c1ccc2ncccc2c1)C(OC)C(C)C. The van der Waals surface area contributed by atoms with Crippen molar-refractivity contribution < 1.29 is 4.74 Å². The molecule has 1 heterocycles. The summed E-state index contributed by atoms with van der Waals surface area (Å²) in [5, 5.41) is 4.72. The third-order valence-electron chi connectivity index (χ3n) is 3.67. The van der Waals surface area contributed by atoms with Crippen LogP contribution < -0.4 is 5.32 Å². The van der Waals surface area contributed by atoms with Gasteiger partial charge in [0.05, 0.1) is 17.7 Å². The zero-order valence-corrected chi connectivity index (χ0v) is 12.8. The molecule has 0 saturated heterocycles. The van der Waals surface area contributed by atoms with Crippen molar-refractivity contribution >= 4 is 10.9 Å². The first-order valence-corrected chi connectivity index (χ1v) is 7.28. The minimum atomic E-state index is 0.157. The van der Waals surface area contributed by atoms with E-state index in [1.165, 1.54) is 10.9 Å². The number of ether oxygens (including phenoxy) is 1. The third kappa shape index (κ3) is 3.17. The molecular formula is C17H24N2O. The smallest absolute Gasteiger partial charge is 0.0788 e. The molecule has 0 aliphatic heterocycles. The second-order valence-corrected chi connectivity index (χ2v) is 5.44. The fourth-order valence-electron chi connectivity index (χ4n) is 2.72. The minimum Gasteiger partial charge on any atom is -0.379 e. The molecule has 1 aromatic carbocycles. The van der Waals surface area contributed by atoms with Crippen LogP contribution >= 0.6 is 0 Å². The zero-order valence-electron chi connectivity index (χ0n) is 12.8. The van der Waals surface area contributed by atoms with Gasteiger partial charge < -0.3 is 10.1 Å². The summed E-state index contributed by atoms with van der Waals surface area (Å²) in [6, 6.07) is 10.7. The van der Waals surface area contributed by atoms with Gasteiger partial charge in [-0.3, -0.25) is 4.98 Å². The van der Waals surface area contributed by atoms with Gasteiger partial charge in [0.2, 0.25) is 0 Å². The summed E-state index contributed by atoms with van der Waals surface area (Å²) in [6.07, 6.45) is 1.99. The molecule has 0 radical (unpaired) electrons. The van der Waals surface area contributed by atoms with Crippen molar-refractivity contribution in [2.24, 2.45) is 5.92 Å². The summed E-state index contributed by atoms with van der Waals surface area (Å²) in [7, 11) is 1.79. The minimum absolute atomic E-state index is 0.157. The van der Waals surface area contributed by atoms with E-state index >= 15 is 0 Å². The standard InChI is InChI=1S/C17H24N2O/c1-5-18-16(17(20-4)12(2)3)14-8-9-15-13(11-14)7-6-10-19-15/h6-12,16-18H,5H2,1-4H3. The molecule has 2 rings (SSSR count). The highest BCUT2D eigenvalue weighted by Gasteiger charge is 2.25. The number of likely N-dealkylation sites (N-methyl/N-ethyl adjacent to an activating group) is 1. The Kier molecular flexibility index (Phi) is 5.10. The van der Waals surface area contributed by atoms with E-state index in [2.05, 4.69) is 55.3 Å². The number of methoxy groups -OCH3 is 1. The number of hydrogen-bond donors (Lipinski definition) is 1. The van der Waals surface area contributed by atoms with E-state index in [1.807, 2.05) is 12.3 Å². The van der Waals surface area contributed by atoms with Gasteiger partial charge in [0.25, 0.3) is 0 Å². The van der Waals surface area contributed by atoms with Gasteiger partial charge in [-0.1, -0.05) is 32.9 Å². The lowest BCUT2D eigenvalue weighted by Crippen LogP contribution is -2.36. The molecule has 20 heavy (non-hydrogen) atoms. The summed E-state index contributed by atoms with van der Waals surface area (Å²) < 4.78 is 5.71. The second kappa shape index (κ2) is 6.82. The van der Waals surface area contributed by atoms with E-state index < -0.39 is 0 Å². The van der Waals surface area contributed by atoms with Crippen LogP contribution in [0.1, 0.15) is 32.4 Å². The highest BCUT2D eigenvalue weighted by molar-refractivity contribution is 5.79. The Morgan fingerprint density at radius 2 is 2.05 bits per heavy atom. The number of pyridine rings is 1. The molecule has 3 heteroatoms. The molecule has 2 unspecified atom stereocenters. The molecule has 1 aromatic heterocycles. The first-order chi connectivity index (χ1) is 9.67. The maximum Gasteiger partial charge on any atom is 0.0788 e. The van der Waals surface area contributed by atoms with E-state index in [4.69, 9.17) is 4.74 Å². The lowest BCUT2D eigenvalue weighted by Gasteiger charge is -2.30. The lowest BCUT2D eigenvalue weighted by atomic mass is 9.92.